The third-order valence-electron chi connectivity index (χ3n) is 8.47. The number of aromatic amines is 1. The van der Waals surface area contributed by atoms with Gasteiger partial charge in [-0.3, -0.25) is 14.4 Å². The molecule has 3 N–H and O–H groups in total. The Morgan fingerprint density at radius 1 is 1.02 bits per heavy atom. The molecule has 2 aromatic carbocycles. The van der Waals surface area contributed by atoms with Crippen LogP contribution in [0.3, 0.4) is 0 Å². The van der Waals surface area contributed by atoms with Crippen LogP contribution in [0.5, 0.6) is 0 Å². The molecule has 0 spiro atoms. The number of methoxy groups -OCH3 is 1. The van der Waals surface area contributed by atoms with E-state index >= 15 is 0 Å². The summed E-state index contributed by atoms with van der Waals surface area (Å²) in [7, 11) is 5.14. The van der Waals surface area contributed by atoms with Gasteiger partial charge in [0.05, 0.1) is 13.7 Å². The quantitative estimate of drug-likeness (QED) is 0.343. The van der Waals surface area contributed by atoms with Crippen LogP contribution in [0.1, 0.15) is 28.8 Å². The summed E-state index contributed by atoms with van der Waals surface area (Å²) in [6.45, 7) is 2.05. The number of anilines is 1. The molecule has 3 amide bonds. The van der Waals surface area contributed by atoms with Crippen LogP contribution in [0.2, 0.25) is 0 Å². The fourth-order valence-corrected chi connectivity index (χ4v) is 5.97. The van der Waals surface area contributed by atoms with Crippen LogP contribution in [-0.2, 0) is 25.5 Å². The molecule has 3 heterocycles. The topological polar surface area (TPSA) is 127 Å². The molecule has 2 aliphatic heterocycles. The van der Waals surface area contributed by atoms with Crippen molar-refractivity contribution in [1.29, 1.82) is 0 Å². The molecule has 2 fully saturated rings. The maximum absolute atomic E-state index is 14.0. The van der Waals surface area contributed by atoms with Crippen LogP contribution in [0.15, 0.2) is 54.7 Å². The number of benzene rings is 2. The number of amides is 3. The first-order valence-corrected chi connectivity index (χ1v) is 14.8. The van der Waals surface area contributed by atoms with E-state index in [4.69, 9.17) is 4.74 Å². The fraction of sp³-hybridized carbons (Fsp3) is 0.438. The summed E-state index contributed by atoms with van der Waals surface area (Å²) in [5, 5.41) is 7.09. The van der Waals surface area contributed by atoms with E-state index in [0.29, 0.717) is 24.9 Å². The van der Waals surface area contributed by atoms with Crippen LogP contribution in [-0.4, -0.2) is 104 Å². The fourth-order valence-electron chi connectivity index (χ4n) is 5.97. The minimum absolute atomic E-state index is 0.0256. The molecule has 3 aromatic rings. The summed E-state index contributed by atoms with van der Waals surface area (Å²) in [6, 6.07) is 13.1. The number of piperazine rings is 1. The van der Waals surface area contributed by atoms with E-state index in [1.54, 1.807) is 21.9 Å². The highest BCUT2D eigenvalue weighted by Crippen LogP contribution is 2.23. The van der Waals surface area contributed by atoms with Crippen molar-refractivity contribution in [3.8, 4) is 0 Å². The van der Waals surface area contributed by atoms with E-state index in [1.165, 1.54) is 7.11 Å². The minimum Gasteiger partial charge on any atom is -0.467 e. The van der Waals surface area contributed by atoms with Crippen LogP contribution in [0.25, 0.3) is 10.9 Å². The molecule has 0 radical (unpaired) electrons. The first kappa shape index (κ1) is 30.1. The van der Waals surface area contributed by atoms with Gasteiger partial charge in [-0.1, -0.05) is 18.2 Å². The highest BCUT2D eigenvalue weighted by atomic mass is 16.5. The van der Waals surface area contributed by atoms with Gasteiger partial charge in [0.2, 0.25) is 11.8 Å². The molecule has 2 aliphatic rings. The number of piperidine rings is 1. The lowest BCUT2D eigenvalue weighted by Gasteiger charge is -2.42. The number of fused-ring (bicyclic) bond motifs is 1. The van der Waals surface area contributed by atoms with Crippen molar-refractivity contribution in [2.24, 2.45) is 5.92 Å². The van der Waals surface area contributed by atoms with Gasteiger partial charge in [-0.25, -0.2) is 4.79 Å². The number of esters is 1. The number of aromatic nitrogens is 1. The summed E-state index contributed by atoms with van der Waals surface area (Å²) in [4.78, 5) is 62.5. The van der Waals surface area contributed by atoms with Crippen molar-refractivity contribution in [3.63, 3.8) is 0 Å². The van der Waals surface area contributed by atoms with Crippen molar-refractivity contribution < 1.29 is 23.9 Å². The molecule has 11 nitrogen and oxygen atoms in total. The Morgan fingerprint density at radius 3 is 2.44 bits per heavy atom. The lowest BCUT2D eigenvalue weighted by Crippen LogP contribution is -2.64. The second-order valence-corrected chi connectivity index (χ2v) is 11.4. The molecule has 43 heavy (non-hydrogen) atoms. The average Bonchev–Trinajstić information content (AvgIpc) is 3.46. The van der Waals surface area contributed by atoms with Gasteiger partial charge in [0.1, 0.15) is 12.1 Å². The van der Waals surface area contributed by atoms with Crippen molar-refractivity contribution in [1.82, 2.24) is 25.4 Å². The zero-order valence-corrected chi connectivity index (χ0v) is 25.0. The first-order valence-electron chi connectivity index (χ1n) is 14.8. The molecule has 11 heteroatoms. The second kappa shape index (κ2) is 13.3. The summed E-state index contributed by atoms with van der Waals surface area (Å²) in [5.41, 5.74) is 3.26. The largest absolute Gasteiger partial charge is 0.467 e. The van der Waals surface area contributed by atoms with Gasteiger partial charge in [0, 0.05) is 67.9 Å². The monoisotopic (exact) mass is 588 g/mol. The molecule has 0 aliphatic carbocycles. The molecule has 0 bridgehead atoms. The first-order chi connectivity index (χ1) is 20.8. The van der Waals surface area contributed by atoms with Crippen LogP contribution in [0, 0.1) is 5.92 Å². The zero-order valence-electron chi connectivity index (χ0n) is 25.0. The van der Waals surface area contributed by atoms with Crippen molar-refractivity contribution in [2.45, 2.75) is 31.3 Å². The number of carbonyl (C=O) groups excluding carboxylic acids is 4. The smallest absolute Gasteiger partial charge is 0.328 e. The molecule has 0 unspecified atom stereocenters. The maximum atomic E-state index is 14.0. The molecule has 5 rings (SSSR count). The normalized spacial score (nSPS) is 18.3. The number of H-pyrrole nitrogens is 1. The highest BCUT2D eigenvalue weighted by molar-refractivity contribution is 5.97. The number of hydrogen-bond acceptors (Lipinski definition) is 7. The number of ether oxygens (including phenoxy) is 1. The summed E-state index contributed by atoms with van der Waals surface area (Å²) >= 11 is 0. The average molecular weight is 589 g/mol. The molecular formula is C32H40N6O5. The number of hydrogen-bond donors (Lipinski definition) is 3. The third-order valence-corrected chi connectivity index (χ3v) is 8.47. The van der Waals surface area contributed by atoms with E-state index in [9.17, 15) is 19.2 Å². The lowest BCUT2D eigenvalue weighted by molar-refractivity contribution is -0.149. The summed E-state index contributed by atoms with van der Waals surface area (Å²) in [6.07, 6.45) is 3.41. The van der Waals surface area contributed by atoms with Crippen molar-refractivity contribution in [2.75, 3.05) is 58.8 Å². The number of rotatable bonds is 8. The van der Waals surface area contributed by atoms with Crippen LogP contribution >= 0.6 is 0 Å². The summed E-state index contributed by atoms with van der Waals surface area (Å²) < 4.78 is 5.06. The van der Waals surface area contributed by atoms with E-state index < -0.39 is 24.0 Å². The summed E-state index contributed by atoms with van der Waals surface area (Å²) in [5.74, 6) is -1.56. The Balaban J connectivity index is 1.38. The number of nitrogens with zero attached hydrogens (tertiary/aromatic N) is 3. The van der Waals surface area contributed by atoms with Crippen LogP contribution < -0.4 is 15.5 Å². The van der Waals surface area contributed by atoms with Gasteiger partial charge in [-0.05, 0) is 61.8 Å². The Labute approximate surface area is 251 Å². The van der Waals surface area contributed by atoms with Gasteiger partial charge in [-0.15, -0.1) is 0 Å². The number of para-hydroxylation sites is 1. The van der Waals surface area contributed by atoms with E-state index in [0.717, 1.165) is 35.2 Å². The van der Waals surface area contributed by atoms with Crippen molar-refractivity contribution >= 4 is 40.3 Å². The molecular weight excluding hydrogens is 548 g/mol. The molecule has 2 atom stereocenters. The van der Waals surface area contributed by atoms with Gasteiger partial charge in [-0.2, -0.15) is 0 Å². The standard InChI is InChI=1S/C32H40N6O5/c1-36(2)24-10-8-21(9-11-24)30(40)37-16-17-38(31(41)22-12-14-33-15-13-22)28(20-37)29(39)35-27(32(42)43-3)18-23-19-34-26-7-5-4-6-25(23)26/h4-11,19,22,27-28,33-34H,12-18,20H2,1-3H3,(H,35,39)/t27-,28+/m1/s1. The Morgan fingerprint density at radius 2 is 1.74 bits per heavy atom. The second-order valence-electron chi connectivity index (χ2n) is 11.4. The van der Waals surface area contributed by atoms with Gasteiger partial charge in [0.25, 0.3) is 5.91 Å². The predicted octanol–water partition coefficient (Wildman–Crippen LogP) is 1.79. The van der Waals surface area contributed by atoms with Crippen molar-refractivity contribution in [3.05, 3.63) is 65.9 Å². The predicted molar refractivity (Wildman–Crippen MR) is 164 cm³/mol. The zero-order chi connectivity index (χ0) is 30.5. The highest BCUT2D eigenvalue weighted by Gasteiger charge is 2.41. The maximum Gasteiger partial charge on any atom is 0.328 e. The van der Waals surface area contributed by atoms with Gasteiger partial charge < -0.3 is 35.1 Å². The van der Waals surface area contributed by atoms with E-state index in [1.807, 2.05) is 61.6 Å². The van der Waals surface area contributed by atoms with Crippen LogP contribution in [0.4, 0.5) is 5.69 Å². The molecule has 228 valence electrons. The lowest BCUT2D eigenvalue weighted by atomic mass is 9.95. The van der Waals surface area contributed by atoms with Gasteiger partial charge in [0.15, 0.2) is 0 Å². The number of nitrogens with one attached hydrogen (secondary N) is 3. The van der Waals surface area contributed by atoms with E-state index in [2.05, 4.69) is 15.6 Å². The number of carbonyl (C=O) groups is 4. The Hall–Kier alpha value is -4.38. The SMILES string of the molecule is COC(=O)[C@@H](Cc1c[nH]c2ccccc12)NC(=O)[C@@H]1CN(C(=O)c2ccc(N(C)C)cc2)CCN1C(=O)C1CCNCC1. The molecule has 0 saturated carbocycles. The van der Waals surface area contributed by atoms with Gasteiger partial charge >= 0.3 is 5.97 Å². The Bertz CT molecular complexity index is 1460. The van der Waals surface area contributed by atoms with E-state index in [-0.39, 0.29) is 37.2 Å². The Kier molecular flexibility index (Phi) is 9.30. The molecule has 2 saturated heterocycles. The third kappa shape index (κ3) is 6.67. The minimum atomic E-state index is -0.975. The molecule has 1 aromatic heterocycles.